The summed E-state index contributed by atoms with van der Waals surface area (Å²) in [4.78, 5) is 0. The molecule has 0 radical (unpaired) electrons. The van der Waals surface area contributed by atoms with Gasteiger partial charge in [0, 0.05) is 0 Å². The van der Waals surface area contributed by atoms with E-state index in [0.29, 0.717) is 13.2 Å². The minimum Gasteiger partial charge on any atom is -0.394 e. The molecule has 2 atom stereocenters. The minimum atomic E-state index is -0.645. The third kappa shape index (κ3) is 3.53. The molecular weight excluding hydrogens is 232 g/mol. The van der Waals surface area contributed by atoms with E-state index in [4.69, 9.17) is 14.2 Å². The predicted octanol–water partition coefficient (Wildman–Crippen LogP) is 1.72. The topological polar surface area (TPSA) is 47.9 Å². The SMILES string of the molecule is CC1(C)OC(CO)C(COCc2ccccc2)O1. The van der Waals surface area contributed by atoms with Crippen LogP contribution in [0.2, 0.25) is 0 Å². The molecule has 4 nitrogen and oxygen atoms in total. The summed E-state index contributed by atoms with van der Waals surface area (Å²) in [7, 11) is 0. The van der Waals surface area contributed by atoms with Crippen molar-refractivity contribution in [2.75, 3.05) is 13.2 Å². The van der Waals surface area contributed by atoms with Crippen LogP contribution < -0.4 is 0 Å². The summed E-state index contributed by atoms with van der Waals surface area (Å²) in [6.07, 6.45) is -0.524. The Morgan fingerprint density at radius 2 is 1.83 bits per heavy atom. The van der Waals surface area contributed by atoms with Gasteiger partial charge in [-0.25, -0.2) is 0 Å². The van der Waals surface area contributed by atoms with E-state index in [0.717, 1.165) is 5.56 Å². The smallest absolute Gasteiger partial charge is 0.163 e. The highest BCUT2D eigenvalue weighted by Crippen LogP contribution is 2.28. The van der Waals surface area contributed by atoms with E-state index in [-0.39, 0.29) is 18.8 Å². The van der Waals surface area contributed by atoms with E-state index >= 15 is 0 Å². The summed E-state index contributed by atoms with van der Waals surface area (Å²) in [5.41, 5.74) is 1.12. The maximum Gasteiger partial charge on any atom is 0.163 e. The van der Waals surface area contributed by atoms with Crippen molar-refractivity contribution in [2.45, 2.75) is 38.4 Å². The number of rotatable bonds is 5. The highest BCUT2D eigenvalue weighted by molar-refractivity contribution is 5.13. The lowest BCUT2D eigenvalue weighted by molar-refractivity contribution is -0.153. The lowest BCUT2D eigenvalue weighted by Crippen LogP contribution is -2.30. The van der Waals surface area contributed by atoms with Crippen LogP contribution in [0.5, 0.6) is 0 Å². The van der Waals surface area contributed by atoms with Crippen LogP contribution >= 0.6 is 0 Å². The van der Waals surface area contributed by atoms with E-state index in [1.807, 2.05) is 44.2 Å². The van der Waals surface area contributed by atoms with Crippen molar-refractivity contribution >= 4 is 0 Å². The Kier molecular flexibility index (Phi) is 4.35. The molecule has 1 aromatic rings. The standard InChI is InChI=1S/C14H20O4/c1-14(2)17-12(8-15)13(18-14)10-16-9-11-6-4-3-5-7-11/h3-7,12-13,15H,8-10H2,1-2H3. The van der Waals surface area contributed by atoms with Crippen LogP contribution in [0.25, 0.3) is 0 Å². The highest BCUT2D eigenvalue weighted by atomic mass is 16.8. The quantitative estimate of drug-likeness (QED) is 0.866. The molecule has 2 unspecified atom stereocenters. The van der Waals surface area contributed by atoms with E-state index in [9.17, 15) is 5.11 Å². The lowest BCUT2D eigenvalue weighted by atomic mass is 10.2. The molecule has 18 heavy (non-hydrogen) atoms. The molecule has 0 amide bonds. The molecule has 1 heterocycles. The van der Waals surface area contributed by atoms with Crippen LogP contribution in [0.4, 0.5) is 0 Å². The van der Waals surface area contributed by atoms with Crippen molar-refractivity contribution < 1.29 is 19.3 Å². The van der Waals surface area contributed by atoms with Crippen LogP contribution in [-0.4, -0.2) is 36.3 Å². The Labute approximate surface area is 107 Å². The van der Waals surface area contributed by atoms with Gasteiger partial charge in [-0.3, -0.25) is 0 Å². The number of hydrogen-bond donors (Lipinski definition) is 1. The summed E-state index contributed by atoms with van der Waals surface area (Å²) in [5, 5.41) is 9.22. The summed E-state index contributed by atoms with van der Waals surface area (Å²) in [5.74, 6) is -0.645. The first-order chi connectivity index (χ1) is 8.61. The molecule has 1 aliphatic rings. The fraction of sp³-hybridized carbons (Fsp3) is 0.571. The van der Waals surface area contributed by atoms with Gasteiger partial charge in [0.25, 0.3) is 0 Å². The zero-order chi connectivity index (χ0) is 13.0. The molecule has 1 aliphatic heterocycles. The second-order valence-electron chi connectivity index (χ2n) is 4.90. The summed E-state index contributed by atoms with van der Waals surface area (Å²) >= 11 is 0. The molecule has 1 saturated heterocycles. The second kappa shape index (κ2) is 5.80. The van der Waals surface area contributed by atoms with Crippen LogP contribution in [0.3, 0.4) is 0 Å². The average Bonchev–Trinajstić information content (AvgIpc) is 2.65. The molecule has 1 N–H and O–H groups in total. The Balaban J connectivity index is 1.80. The zero-order valence-electron chi connectivity index (χ0n) is 10.8. The van der Waals surface area contributed by atoms with Crippen LogP contribution in [0.15, 0.2) is 30.3 Å². The monoisotopic (exact) mass is 252 g/mol. The van der Waals surface area contributed by atoms with Gasteiger partial charge in [0.05, 0.1) is 19.8 Å². The van der Waals surface area contributed by atoms with Crippen LogP contribution in [0, 0.1) is 0 Å². The Hall–Kier alpha value is -0.940. The lowest BCUT2D eigenvalue weighted by Gasteiger charge is -2.16. The van der Waals surface area contributed by atoms with Gasteiger partial charge in [-0.1, -0.05) is 30.3 Å². The normalized spacial score (nSPS) is 26.4. The molecule has 4 heteroatoms. The zero-order valence-corrected chi connectivity index (χ0v) is 10.8. The molecule has 0 aromatic heterocycles. The molecule has 100 valence electrons. The van der Waals surface area contributed by atoms with Crippen molar-refractivity contribution in [1.29, 1.82) is 0 Å². The molecule has 1 aromatic carbocycles. The third-order valence-corrected chi connectivity index (χ3v) is 2.86. The Morgan fingerprint density at radius 1 is 1.17 bits per heavy atom. The molecule has 0 spiro atoms. The summed E-state index contributed by atoms with van der Waals surface area (Å²) in [6, 6.07) is 9.96. The summed E-state index contributed by atoms with van der Waals surface area (Å²) in [6.45, 7) is 4.59. The van der Waals surface area contributed by atoms with Gasteiger partial charge in [-0.15, -0.1) is 0 Å². The van der Waals surface area contributed by atoms with Gasteiger partial charge in [0.15, 0.2) is 5.79 Å². The molecule has 0 bridgehead atoms. The Morgan fingerprint density at radius 3 is 2.50 bits per heavy atom. The van der Waals surface area contributed by atoms with Gasteiger partial charge in [0.1, 0.15) is 12.2 Å². The largest absolute Gasteiger partial charge is 0.394 e. The van der Waals surface area contributed by atoms with Gasteiger partial charge in [0.2, 0.25) is 0 Å². The minimum absolute atomic E-state index is 0.0528. The van der Waals surface area contributed by atoms with Gasteiger partial charge in [-0.05, 0) is 19.4 Å². The molecule has 0 aliphatic carbocycles. The van der Waals surface area contributed by atoms with Crippen molar-refractivity contribution in [3.05, 3.63) is 35.9 Å². The maximum absolute atomic E-state index is 9.22. The molecule has 2 rings (SSSR count). The van der Waals surface area contributed by atoms with E-state index in [1.165, 1.54) is 0 Å². The first-order valence-corrected chi connectivity index (χ1v) is 6.19. The number of ether oxygens (including phenoxy) is 3. The van der Waals surface area contributed by atoms with Crippen molar-refractivity contribution in [1.82, 2.24) is 0 Å². The fourth-order valence-corrected chi connectivity index (χ4v) is 2.07. The first kappa shape index (κ1) is 13.5. The van der Waals surface area contributed by atoms with Crippen LogP contribution in [-0.2, 0) is 20.8 Å². The fourth-order valence-electron chi connectivity index (χ4n) is 2.07. The highest BCUT2D eigenvalue weighted by Gasteiger charge is 2.40. The molecular formula is C14H20O4. The van der Waals surface area contributed by atoms with Crippen molar-refractivity contribution in [3.63, 3.8) is 0 Å². The number of hydrogen-bond acceptors (Lipinski definition) is 4. The van der Waals surface area contributed by atoms with Crippen molar-refractivity contribution in [2.24, 2.45) is 0 Å². The number of aliphatic hydroxyl groups excluding tert-OH is 1. The Bertz CT molecular complexity index is 363. The average molecular weight is 252 g/mol. The van der Waals surface area contributed by atoms with Gasteiger partial charge in [-0.2, -0.15) is 0 Å². The van der Waals surface area contributed by atoms with E-state index in [2.05, 4.69) is 0 Å². The molecule has 1 fully saturated rings. The first-order valence-electron chi connectivity index (χ1n) is 6.19. The number of benzene rings is 1. The van der Waals surface area contributed by atoms with Gasteiger partial charge < -0.3 is 19.3 Å². The molecule has 0 saturated carbocycles. The summed E-state index contributed by atoms with van der Waals surface area (Å²) < 4.78 is 16.9. The third-order valence-electron chi connectivity index (χ3n) is 2.86. The number of aliphatic hydroxyl groups is 1. The van der Waals surface area contributed by atoms with Crippen molar-refractivity contribution in [3.8, 4) is 0 Å². The van der Waals surface area contributed by atoms with Gasteiger partial charge >= 0.3 is 0 Å². The second-order valence-corrected chi connectivity index (χ2v) is 4.90. The van der Waals surface area contributed by atoms with Crippen LogP contribution in [0.1, 0.15) is 19.4 Å². The maximum atomic E-state index is 9.22. The van der Waals surface area contributed by atoms with E-state index in [1.54, 1.807) is 0 Å². The predicted molar refractivity (Wildman–Crippen MR) is 67.0 cm³/mol. The van der Waals surface area contributed by atoms with E-state index < -0.39 is 5.79 Å².